The lowest BCUT2D eigenvalue weighted by Gasteiger charge is -2.23. The second kappa shape index (κ2) is 7.48. The summed E-state index contributed by atoms with van der Waals surface area (Å²) in [4.78, 5) is 15.5. The van der Waals surface area contributed by atoms with Crippen LogP contribution in [0.3, 0.4) is 0 Å². The van der Waals surface area contributed by atoms with Gasteiger partial charge in [-0.3, -0.25) is 4.79 Å². The molecule has 102 valence electrons. The molecule has 3 nitrogen and oxygen atoms in total. The molecule has 1 aliphatic heterocycles. The van der Waals surface area contributed by atoms with Crippen molar-refractivity contribution >= 4 is 45.6 Å². The van der Waals surface area contributed by atoms with Crippen LogP contribution < -0.4 is 5.32 Å². The van der Waals surface area contributed by atoms with Gasteiger partial charge in [-0.2, -0.15) is 0 Å². The lowest BCUT2D eigenvalue weighted by molar-refractivity contribution is -0.132. The summed E-state index contributed by atoms with van der Waals surface area (Å²) in [6.45, 7) is 5.63. The summed E-state index contributed by atoms with van der Waals surface area (Å²) in [6, 6.07) is 4.04. The van der Waals surface area contributed by atoms with E-state index in [1.165, 1.54) is 0 Å². The number of hydrogen-bond acceptors (Lipinski definition) is 3. The van der Waals surface area contributed by atoms with E-state index in [2.05, 4.69) is 21.2 Å². The third-order valence-corrected chi connectivity index (χ3v) is 4.85. The van der Waals surface area contributed by atoms with Crippen molar-refractivity contribution in [2.45, 2.75) is 19.3 Å². The van der Waals surface area contributed by atoms with E-state index >= 15 is 0 Å². The summed E-state index contributed by atoms with van der Waals surface area (Å²) in [5.74, 6) is 0.229. The molecule has 0 bridgehead atoms. The number of carbonyl (C=O) groups excluding carboxylic acids is 1. The molecular weight excluding hydrogens is 336 g/mol. The van der Waals surface area contributed by atoms with Crippen molar-refractivity contribution in [3.05, 3.63) is 20.8 Å². The van der Waals surface area contributed by atoms with Crippen LogP contribution in [0.5, 0.6) is 0 Å². The summed E-state index contributed by atoms with van der Waals surface area (Å²) in [7, 11) is 0. The Kier molecular flexibility index (Phi) is 6.63. The SMILES string of the molecule is CC(C(=O)N1CCCNCC1)c1ccc(Br)s1.Cl. The number of thiophene rings is 1. The van der Waals surface area contributed by atoms with E-state index in [0.29, 0.717) is 0 Å². The predicted molar refractivity (Wildman–Crippen MR) is 81.7 cm³/mol. The average Bonchev–Trinajstić information content (AvgIpc) is 2.60. The van der Waals surface area contributed by atoms with Crippen molar-refractivity contribution < 1.29 is 4.79 Å². The van der Waals surface area contributed by atoms with Crippen LogP contribution in [0, 0.1) is 0 Å². The lowest BCUT2D eigenvalue weighted by Crippen LogP contribution is -2.36. The number of rotatable bonds is 2. The fraction of sp³-hybridized carbons (Fsp3) is 0.583. The molecule has 0 radical (unpaired) electrons. The average molecular weight is 354 g/mol. The van der Waals surface area contributed by atoms with Crippen LogP contribution in [0.4, 0.5) is 0 Å². The van der Waals surface area contributed by atoms with Gasteiger partial charge in [0, 0.05) is 24.5 Å². The van der Waals surface area contributed by atoms with Gasteiger partial charge in [-0.05, 0) is 48.0 Å². The smallest absolute Gasteiger partial charge is 0.230 e. The van der Waals surface area contributed by atoms with Gasteiger partial charge in [-0.25, -0.2) is 0 Å². The molecule has 1 saturated heterocycles. The highest BCUT2D eigenvalue weighted by Crippen LogP contribution is 2.29. The molecule has 0 saturated carbocycles. The van der Waals surface area contributed by atoms with Crippen LogP contribution in [0.2, 0.25) is 0 Å². The summed E-state index contributed by atoms with van der Waals surface area (Å²) in [6.07, 6.45) is 1.05. The van der Waals surface area contributed by atoms with Gasteiger partial charge in [0.2, 0.25) is 5.91 Å². The van der Waals surface area contributed by atoms with E-state index in [1.807, 2.05) is 24.0 Å². The second-order valence-corrected chi connectivity index (χ2v) is 6.79. The first-order valence-electron chi connectivity index (χ1n) is 5.93. The standard InChI is InChI=1S/C12H17BrN2OS.ClH/c1-9(10-3-4-11(13)17-10)12(16)15-7-2-5-14-6-8-15;/h3-4,9,14H,2,5-8H2,1H3;1H. The molecule has 2 heterocycles. The van der Waals surface area contributed by atoms with Crippen molar-refractivity contribution in [1.82, 2.24) is 10.2 Å². The van der Waals surface area contributed by atoms with Crippen LogP contribution in [0.1, 0.15) is 24.1 Å². The molecule has 18 heavy (non-hydrogen) atoms. The van der Waals surface area contributed by atoms with Crippen molar-refractivity contribution in [3.8, 4) is 0 Å². The Labute approximate surface area is 126 Å². The zero-order valence-electron chi connectivity index (χ0n) is 10.3. The Hall–Kier alpha value is -0.100. The molecule has 6 heteroatoms. The molecule has 1 aromatic rings. The minimum Gasteiger partial charge on any atom is -0.341 e. The van der Waals surface area contributed by atoms with E-state index in [4.69, 9.17) is 0 Å². The van der Waals surface area contributed by atoms with Crippen LogP contribution >= 0.6 is 39.7 Å². The first kappa shape index (κ1) is 16.0. The van der Waals surface area contributed by atoms with Crippen LogP contribution in [0.15, 0.2) is 15.9 Å². The summed E-state index contributed by atoms with van der Waals surface area (Å²) in [5.41, 5.74) is 0. The topological polar surface area (TPSA) is 32.3 Å². The molecule has 1 unspecified atom stereocenters. The molecular formula is C12H18BrClN2OS. The molecule has 0 spiro atoms. The highest BCUT2D eigenvalue weighted by Gasteiger charge is 2.23. The van der Waals surface area contributed by atoms with Gasteiger partial charge in [0.15, 0.2) is 0 Å². The fourth-order valence-electron chi connectivity index (χ4n) is 2.02. The predicted octanol–water partition coefficient (Wildman–Crippen LogP) is 2.86. The molecule has 1 amide bonds. The van der Waals surface area contributed by atoms with Gasteiger partial charge in [-0.15, -0.1) is 23.7 Å². The monoisotopic (exact) mass is 352 g/mol. The van der Waals surface area contributed by atoms with Crippen LogP contribution in [-0.4, -0.2) is 37.0 Å². The number of hydrogen-bond donors (Lipinski definition) is 1. The molecule has 0 aliphatic carbocycles. The normalized spacial score (nSPS) is 17.8. The number of carbonyl (C=O) groups is 1. The first-order valence-corrected chi connectivity index (χ1v) is 7.54. The van der Waals surface area contributed by atoms with Gasteiger partial charge in [0.1, 0.15) is 0 Å². The Morgan fingerprint density at radius 3 is 2.89 bits per heavy atom. The zero-order valence-corrected chi connectivity index (χ0v) is 13.5. The summed E-state index contributed by atoms with van der Waals surface area (Å²) >= 11 is 5.09. The molecule has 0 aromatic carbocycles. The Morgan fingerprint density at radius 2 is 2.22 bits per heavy atom. The Morgan fingerprint density at radius 1 is 1.44 bits per heavy atom. The van der Waals surface area contributed by atoms with Crippen LogP contribution in [0.25, 0.3) is 0 Å². The van der Waals surface area contributed by atoms with Gasteiger partial charge in [0.25, 0.3) is 0 Å². The maximum atomic E-state index is 12.4. The quantitative estimate of drug-likeness (QED) is 0.886. The molecule has 1 aromatic heterocycles. The number of amides is 1. The third-order valence-electron chi connectivity index (χ3n) is 3.04. The summed E-state index contributed by atoms with van der Waals surface area (Å²) in [5, 5.41) is 3.32. The molecule has 2 rings (SSSR count). The third kappa shape index (κ3) is 3.95. The lowest BCUT2D eigenvalue weighted by atomic mass is 10.1. The van der Waals surface area contributed by atoms with E-state index in [9.17, 15) is 4.79 Å². The van der Waals surface area contributed by atoms with Crippen molar-refractivity contribution in [3.63, 3.8) is 0 Å². The fourth-order valence-corrected chi connectivity index (χ4v) is 3.49. The number of nitrogens with one attached hydrogen (secondary N) is 1. The van der Waals surface area contributed by atoms with Gasteiger partial charge in [-0.1, -0.05) is 0 Å². The zero-order chi connectivity index (χ0) is 12.3. The highest BCUT2D eigenvalue weighted by atomic mass is 79.9. The summed E-state index contributed by atoms with van der Waals surface area (Å²) < 4.78 is 1.09. The molecule has 1 fully saturated rings. The molecule has 1 aliphatic rings. The van der Waals surface area contributed by atoms with Crippen molar-refractivity contribution in [1.29, 1.82) is 0 Å². The Balaban J connectivity index is 0.00000162. The minimum atomic E-state index is -0.0237. The molecule has 1 N–H and O–H groups in total. The second-order valence-electron chi connectivity index (χ2n) is 4.29. The van der Waals surface area contributed by atoms with Gasteiger partial charge < -0.3 is 10.2 Å². The van der Waals surface area contributed by atoms with Crippen LogP contribution in [-0.2, 0) is 4.79 Å². The molecule has 1 atom stereocenters. The highest BCUT2D eigenvalue weighted by molar-refractivity contribution is 9.11. The maximum absolute atomic E-state index is 12.4. The van der Waals surface area contributed by atoms with Crippen molar-refractivity contribution in [2.24, 2.45) is 0 Å². The maximum Gasteiger partial charge on any atom is 0.230 e. The van der Waals surface area contributed by atoms with E-state index < -0.39 is 0 Å². The van der Waals surface area contributed by atoms with Gasteiger partial charge in [0.05, 0.1) is 9.70 Å². The number of halogens is 2. The first-order chi connectivity index (χ1) is 8.18. The van der Waals surface area contributed by atoms with Crippen molar-refractivity contribution in [2.75, 3.05) is 26.2 Å². The van der Waals surface area contributed by atoms with E-state index in [1.54, 1.807) is 11.3 Å². The largest absolute Gasteiger partial charge is 0.341 e. The Bertz CT molecular complexity index is 391. The van der Waals surface area contributed by atoms with E-state index in [0.717, 1.165) is 41.3 Å². The number of nitrogens with zero attached hydrogens (tertiary/aromatic N) is 1. The van der Waals surface area contributed by atoms with Gasteiger partial charge >= 0.3 is 0 Å². The minimum absolute atomic E-state index is 0. The van der Waals surface area contributed by atoms with E-state index in [-0.39, 0.29) is 24.2 Å².